The molecule has 0 aliphatic rings. The normalized spacial score (nSPS) is 11.9. The number of anilines is 3. The number of aromatic nitrogens is 4. The van der Waals surface area contributed by atoms with E-state index < -0.39 is 17.7 Å². The van der Waals surface area contributed by atoms with Crippen molar-refractivity contribution in [1.29, 1.82) is 0 Å². The third-order valence-electron chi connectivity index (χ3n) is 4.43. The number of nitrogens with zero attached hydrogens (tertiary/aromatic N) is 3. The lowest BCUT2D eigenvalue weighted by molar-refractivity contribution is 0.566. The molecule has 0 aliphatic carbocycles. The van der Waals surface area contributed by atoms with Crippen molar-refractivity contribution in [2.75, 3.05) is 10.6 Å². The molecule has 2 heterocycles. The van der Waals surface area contributed by atoms with Crippen LogP contribution < -0.4 is 10.6 Å². The summed E-state index contributed by atoms with van der Waals surface area (Å²) < 4.78 is 40.5. The lowest BCUT2D eigenvalue weighted by atomic mass is 10.1. The van der Waals surface area contributed by atoms with Gasteiger partial charge in [-0.3, -0.25) is 5.10 Å². The van der Waals surface area contributed by atoms with Crippen LogP contribution in [0, 0.1) is 17.5 Å². The van der Waals surface area contributed by atoms with Gasteiger partial charge in [0.25, 0.3) is 0 Å². The Morgan fingerprint density at radius 1 is 0.867 bits per heavy atom. The van der Waals surface area contributed by atoms with Crippen molar-refractivity contribution in [2.45, 2.75) is 13.0 Å². The maximum absolute atomic E-state index is 14.0. The molecular formula is C21H17F3N6. The summed E-state index contributed by atoms with van der Waals surface area (Å²) in [5, 5.41) is 13.1. The summed E-state index contributed by atoms with van der Waals surface area (Å²) in [5.41, 5.74) is 1.62. The van der Waals surface area contributed by atoms with Crippen LogP contribution in [0.5, 0.6) is 0 Å². The second-order valence-corrected chi connectivity index (χ2v) is 6.62. The molecule has 3 N–H and O–H groups in total. The Kier molecular flexibility index (Phi) is 5.34. The third-order valence-corrected chi connectivity index (χ3v) is 4.43. The summed E-state index contributed by atoms with van der Waals surface area (Å²) in [6.45, 7) is 1.74. The number of nitrogens with one attached hydrogen (secondary N) is 3. The van der Waals surface area contributed by atoms with Gasteiger partial charge in [0.15, 0.2) is 5.82 Å². The minimum atomic E-state index is -0.635. The second-order valence-electron chi connectivity index (χ2n) is 6.62. The minimum absolute atomic E-state index is 0.316. The van der Waals surface area contributed by atoms with Crippen LogP contribution in [0.15, 0.2) is 60.9 Å². The molecule has 0 saturated carbocycles. The summed E-state index contributed by atoms with van der Waals surface area (Å²) in [5.74, 6) is -0.218. The Bertz CT molecular complexity index is 1180. The predicted octanol–water partition coefficient (Wildman–Crippen LogP) is 5.20. The molecule has 0 aliphatic heterocycles. The first-order chi connectivity index (χ1) is 14.5. The van der Waals surface area contributed by atoms with E-state index in [0.717, 1.165) is 6.07 Å². The molecule has 1 atom stereocenters. The van der Waals surface area contributed by atoms with Crippen molar-refractivity contribution in [3.8, 4) is 11.3 Å². The molecule has 0 saturated heterocycles. The maximum atomic E-state index is 14.0. The topological polar surface area (TPSA) is 78.5 Å². The lowest BCUT2D eigenvalue weighted by Gasteiger charge is -2.16. The van der Waals surface area contributed by atoms with E-state index in [-0.39, 0.29) is 5.82 Å². The number of aromatic amines is 1. The highest BCUT2D eigenvalue weighted by atomic mass is 19.1. The van der Waals surface area contributed by atoms with Crippen molar-refractivity contribution < 1.29 is 13.2 Å². The van der Waals surface area contributed by atoms with Gasteiger partial charge < -0.3 is 10.6 Å². The van der Waals surface area contributed by atoms with Crippen LogP contribution in [-0.2, 0) is 0 Å². The molecule has 0 spiro atoms. The number of benzene rings is 2. The molecule has 2 aromatic heterocycles. The van der Waals surface area contributed by atoms with Gasteiger partial charge in [-0.05, 0) is 25.1 Å². The highest BCUT2D eigenvalue weighted by Gasteiger charge is 2.13. The first kappa shape index (κ1) is 19.4. The van der Waals surface area contributed by atoms with Crippen molar-refractivity contribution in [2.24, 2.45) is 0 Å². The molecule has 4 rings (SSSR count). The summed E-state index contributed by atoms with van der Waals surface area (Å²) in [7, 11) is 0. The fourth-order valence-electron chi connectivity index (χ4n) is 2.98. The summed E-state index contributed by atoms with van der Waals surface area (Å²) in [6.07, 6.45) is 1.35. The van der Waals surface area contributed by atoms with Crippen LogP contribution in [0.1, 0.15) is 18.5 Å². The van der Waals surface area contributed by atoms with Crippen molar-refractivity contribution >= 4 is 17.5 Å². The molecule has 4 aromatic rings. The second kappa shape index (κ2) is 8.24. The number of halogens is 3. The van der Waals surface area contributed by atoms with Crippen LogP contribution in [0.2, 0.25) is 0 Å². The van der Waals surface area contributed by atoms with Crippen LogP contribution in [0.4, 0.5) is 30.6 Å². The molecule has 6 nitrogen and oxygen atoms in total. The van der Waals surface area contributed by atoms with Crippen LogP contribution >= 0.6 is 0 Å². The number of hydrogen-bond acceptors (Lipinski definition) is 5. The first-order valence-corrected chi connectivity index (χ1v) is 9.10. The molecule has 1 unspecified atom stereocenters. The van der Waals surface area contributed by atoms with E-state index in [4.69, 9.17) is 0 Å². The van der Waals surface area contributed by atoms with E-state index >= 15 is 0 Å². The smallest absolute Gasteiger partial charge is 0.153 e. The van der Waals surface area contributed by atoms with E-state index in [1.807, 2.05) is 0 Å². The molecule has 9 heteroatoms. The summed E-state index contributed by atoms with van der Waals surface area (Å²) in [4.78, 5) is 8.27. The van der Waals surface area contributed by atoms with Gasteiger partial charge in [-0.1, -0.05) is 18.2 Å². The van der Waals surface area contributed by atoms with Gasteiger partial charge in [-0.25, -0.2) is 23.1 Å². The van der Waals surface area contributed by atoms with E-state index in [1.165, 1.54) is 30.6 Å². The van der Waals surface area contributed by atoms with Gasteiger partial charge in [-0.15, -0.1) is 0 Å². The highest BCUT2D eigenvalue weighted by molar-refractivity contribution is 5.65. The molecule has 2 aromatic carbocycles. The fourth-order valence-corrected chi connectivity index (χ4v) is 2.98. The molecule has 0 bridgehead atoms. The Morgan fingerprint density at radius 2 is 1.67 bits per heavy atom. The Balaban J connectivity index is 1.47. The zero-order chi connectivity index (χ0) is 21.1. The van der Waals surface area contributed by atoms with E-state index in [0.29, 0.717) is 34.3 Å². The average molecular weight is 410 g/mol. The summed E-state index contributed by atoms with van der Waals surface area (Å²) in [6, 6.07) is 12.5. The SMILES string of the molecule is CC(Nc1cc(Nc2cc(-c3cccc(F)c3)[nH]n2)ncn1)c1ccc(F)cc1F. The molecule has 30 heavy (non-hydrogen) atoms. The predicted molar refractivity (Wildman–Crippen MR) is 108 cm³/mol. The quantitative estimate of drug-likeness (QED) is 0.407. The molecule has 152 valence electrons. The molecule has 0 amide bonds. The zero-order valence-corrected chi connectivity index (χ0v) is 15.8. The van der Waals surface area contributed by atoms with Gasteiger partial charge >= 0.3 is 0 Å². The first-order valence-electron chi connectivity index (χ1n) is 9.10. The monoisotopic (exact) mass is 410 g/mol. The van der Waals surface area contributed by atoms with Gasteiger partial charge in [-0.2, -0.15) is 5.10 Å². The lowest BCUT2D eigenvalue weighted by Crippen LogP contribution is -2.10. The highest BCUT2D eigenvalue weighted by Crippen LogP contribution is 2.24. The van der Waals surface area contributed by atoms with Crippen LogP contribution in [0.25, 0.3) is 11.3 Å². The fraction of sp³-hybridized carbons (Fsp3) is 0.0952. The number of H-pyrrole nitrogens is 1. The Labute approximate surface area is 170 Å². The van der Waals surface area contributed by atoms with Gasteiger partial charge in [0.2, 0.25) is 0 Å². The number of hydrogen-bond donors (Lipinski definition) is 3. The van der Waals surface area contributed by atoms with Crippen LogP contribution in [-0.4, -0.2) is 20.2 Å². The molecule has 0 fully saturated rings. The molecular weight excluding hydrogens is 393 g/mol. The third kappa shape index (κ3) is 4.40. The average Bonchev–Trinajstić information content (AvgIpc) is 3.16. The standard InChI is InChI=1S/C21H17F3N6/c1-12(16-6-5-15(23)8-17(16)24)27-19-10-20(26-11-25-19)28-21-9-18(29-30-21)13-3-2-4-14(22)7-13/h2-12H,1H3,(H3,25,26,27,28,29,30). The number of rotatable bonds is 6. The van der Waals surface area contributed by atoms with Crippen molar-refractivity contribution in [3.63, 3.8) is 0 Å². The Hall–Kier alpha value is -3.88. The van der Waals surface area contributed by atoms with E-state index in [9.17, 15) is 13.2 Å². The van der Waals surface area contributed by atoms with E-state index in [2.05, 4.69) is 30.8 Å². The van der Waals surface area contributed by atoms with Crippen molar-refractivity contribution in [3.05, 3.63) is 83.9 Å². The van der Waals surface area contributed by atoms with Gasteiger partial charge in [0, 0.05) is 29.3 Å². The van der Waals surface area contributed by atoms with Crippen LogP contribution in [0.3, 0.4) is 0 Å². The largest absolute Gasteiger partial charge is 0.363 e. The van der Waals surface area contributed by atoms with Crippen molar-refractivity contribution in [1.82, 2.24) is 20.2 Å². The minimum Gasteiger partial charge on any atom is -0.363 e. The zero-order valence-electron chi connectivity index (χ0n) is 15.8. The maximum Gasteiger partial charge on any atom is 0.153 e. The Morgan fingerprint density at radius 3 is 2.47 bits per heavy atom. The summed E-state index contributed by atoms with van der Waals surface area (Å²) >= 11 is 0. The van der Waals surface area contributed by atoms with Gasteiger partial charge in [0.05, 0.1) is 11.7 Å². The van der Waals surface area contributed by atoms with E-state index in [1.54, 1.807) is 31.2 Å². The molecule has 0 radical (unpaired) electrons. The van der Waals surface area contributed by atoms with Gasteiger partial charge in [0.1, 0.15) is 35.4 Å².